The number of rotatable bonds is 4. The zero-order chi connectivity index (χ0) is 19.5. The Hall–Kier alpha value is -3.55. The van der Waals surface area contributed by atoms with Crippen molar-refractivity contribution in [3.05, 3.63) is 58.4 Å². The van der Waals surface area contributed by atoms with Crippen LogP contribution in [0, 0.1) is 0 Å². The SMILES string of the molecule is CCn1c(NNC(=O)c2ccc3c(c2)OCCCO3)nc2ccccc2c1=O. The number of ether oxygens (including phenoxy) is 2. The fraction of sp³-hybridized carbons (Fsp3) is 0.250. The topological polar surface area (TPSA) is 94.5 Å². The van der Waals surface area contributed by atoms with Gasteiger partial charge in [0.25, 0.3) is 11.5 Å². The molecule has 0 radical (unpaired) electrons. The van der Waals surface area contributed by atoms with Gasteiger partial charge < -0.3 is 9.47 Å². The number of amides is 1. The van der Waals surface area contributed by atoms with Crippen molar-refractivity contribution in [2.75, 3.05) is 18.6 Å². The van der Waals surface area contributed by atoms with E-state index in [1.165, 1.54) is 4.57 Å². The highest BCUT2D eigenvalue weighted by atomic mass is 16.5. The third-order valence-electron chi connectivity index (χ3n) is 4.48. The summed E-state index contributed by atoms with van der Waals surface area (Å²) in [4.78, 5) is 29.6. The minimum atomic E-state index is -0.374. The molecule has 1 aromatic heterocycles. The lowest BCUT2D eigenvalue weighted by atomic mass is 10.2. The van der Waals surface area contributed by atoms with Crippen LogP contribution in [-0.4, -0.2) is 28.7 Å². The molecule has 0 unspecified atom stereocenters. The van der Waals surface area contributed by atoms with Crippen LogP contribution in [0.2, 0.25) is 0 Å². The molecule has 3 aromatic rings. The van der Waals surface area contributed by atoms with E-state index in [1.807, 2.05) is 13.0 Å². The zero-order valence-electron chi connectivity index (χ0n) is 15.4. The molecule has 0 atom stereocenters. The molecule has 4 rings (SSSR count). The van der Waals surface area contributed by atoms with Crippen LogP contribution >= 0.6 is 0 Å². The van der Waals surface area contributed by atoms with E-state index in [2.05, 4.69) is 15.8 Å². The Morgan fingerprint density at radius 2 is 1.93 bits per heavy atom. The number of hydrazine groups is 1. The second-order valence-electron chi connectivity index (χ2n) is 6.29. The standard InChI is InChI=1S/C20H20N4O4/c1-2-24-19(26)14-6-3-4-7-15(14)21-20(24)23-22-18(25)13-8-9-16-17(12-13)28-11-5-10-27-16/h3-4,6-9,12H,2,5,10-11H2,1H3,(H,21,23)(H,22,25). The molecule has 8 heteroatoms. The first-order chi connectivity index (χ1) is 13.7. The summed E-state index contributed by atoms with van der Waals surface area (Å²) in [5.74, 6) is 1.06. The van der Waals surface area contributed by atoms with Crippen LogP contribution < -0.4 is 25.9 Å². The molecule has 1 aliphatic rings. The summed E-state index contributed by atoms with van der Waals surface area (Å²) in [7, 11) is 0. The quantitative estimate of drug-likeness (QED) is 0.675. The van der Waals surface area contributed by atoms with Gasteiger partial charge in [-0.1, -0.05) is 12.1 Å². The summed E-state index contributed by atoms with van der Waals surface area (Å²) in [6.07, 6.45) is 0.792. The van der Waals surface area contributed by atoms with Crippen molar-refractivity contribution in [3.63, 3.8) is 0 Å². The molecular weight excluding hydrogens is 360 g/mol. The molecule has 0 fully saturated rings. The molecule has 2 N–H and O–H groups in total. The predicted molar refractivity (Wildman–Crippen MR) is 105 cm³/mol. The molecule has 28 heavy (non-hydrogen) atoms. The molecule has 1 aliphatic heterocycles. The van der Waals surface area contributed by atoms with Crippen molar-refractivity contribution in [1.29, 1.82) is 0 Å². The first kappa shape index (κ1) is 17.8. The van der Waals surface area contributed by atoms with Gasteiger partial charge in [-0.25, -0.2) is 4.98 Å². The summed E-state index contributed by atoms with van der Waals surface area (Å²) in [6, 6.07) is 12.1. The molecule has 0 aliphatic carbocycles. The van der Waals surface area contributed by atoms with Gasteiger partial charge in [-0.3, -0.25) is 25.0 Å². The van der Waals surface area contributed by atoms with Crippen molar-refractivity contribution in [1.82, 2.24) is 15.0 Å². The fourth-order valence-corrected chi connectivity index (χ4v) is 3.05. The summed E-state index contributed by atoms with van der Waals surface area (Å²) in [6.45, 7) is 3.38. The van der Waals surface area contributed by atoms with Gasteiger partial charge in [-0.2, -0.15) is 0 Å². The van der Waals surface area contributed by atoms with Gasteiger partial charge in [-0.15, -0.1) is 0 Å². The Bertz CT molecular complexity index is 1090. The monoisotopic (exact) mass is 380 g/mol. The van der Waals surface area contributed by atoms with Crippen LogP contribution in [0.3, 0.4) is 0 Å². The first-order valence-corrected chi connectivity index (χ1v) is 9.13. The lowest BCUT2D eigenvalue weighted by Gasteiger charge is -2.14. The summed E-state index contributed by atoms with van der Waals surface area (Å²) >= 11 is 0. The van der Waals surface area contributed by atoms with E-state index in [1.54, 1.807) is 36.4 Å². The summed E-state index contributed by atoms with van der Waals surface area (Å²) in [5, 5.41) is 0.532. The predicted octanol–water partition coefficient (Wildman–Crippen LogP) is 2.33. The molecular formula is C20H20N4O4. The number of hydrogen-bond acceptors (Lipinski definition) is 6. The van der Waals surface area contributed by atoms with Crippen molar-refractivity contribution in [2.24, 2.45) is 0 Å². The van der Waals surface area contributed by atoms with Crippen LogP contribution in [-0.2, 0) is 6.54 Å². The number of hydrogen-bond donors (Lipinski definition) is 2. The van der Waals surface area contributed by atoms with Crippen LogP contribution in [0.1, 0.15) is 23.7 Å². The molecule has 144 valence electrons. The normalized spacial score (nSPS) is 13.0. The van der Waals surface area contributed by atoms with Crippen molar-refractivity contribution in [3.8, 4) is 11.5 Å². The molecule has 0 saturated carbocycles. The average Bonchev–Trinajstić information content (AvgIpc) is 2.97. The summed E-state index contributed by atoms with van der Waals surface area (Å²) in [5.41, 5.74) is 6.16. The number of aromatic nitrogens is 2. The molecule has 1 amide bonds. The first-order valence-electron chi connectivity index (χ1n) is 9.13. The lowest BCUT2D eigenvalue weighted by molar-refractivity contribution is 0.0961. The highest BCUT2D eigenvalue weighted by Gasteiger charge is 2.15. The van der Waals surface area contributed by atoms with Gasteiger partial charge in [0.05, 0.1) is 24.1 Å². The number of nitrogens with zero attached hydrogens (tertiary/aromatic N) is 2. The molecule has 2 heterocycles. The van der Waals surface area contributed by atoms with E-state index < -0.39 is 0 Å². The minimum absolute atomic E-state index is 0.166. The van der Waals surface area contributed by atoms with Crippen molar-refractivity contribution in [2.45, 2.75) is 19.9 Å². The number of carbonyl (C=O) groups is 1. The van der Waals surface area contributed by atoms with E-state index in [0.717, 1.165) is 6.42 Å². The highest BCUT2D eigenvalue weighted by molar-refractivity contribution is 5.95. The minimum Gasteiger partial charge on any atom is -0.490 e. The number of anilines is 1. The smallest absolute Gasteiger partial charge is 0.269 e. The number of nitrogens with one attached hydrogen (secondary N) is 2. The molecule has 2 aromatic carbocycles. The molecule has 0 spiro atoms. The largest absolute Gasteiger partial charge is 0.490 e. The Morgan fingerprint density at radius 1 is 1.14 bits per heavy atom. The van der Waals surface area contributed by atoms with Crippen molar-refractivity contribution >= 4 is 22.8 Å². The van der Waals surface area contributed by atoms with Crippen molar-refractivity contribution < 1.29 is 14.3 Å². The van der Waals surface area contributed by atoms with Gasteiger partial charge in [0.1, 0.15) is 0 Å². The lowest BCUT2D eigenvalue weighted by Crippen LogP contribution is -2.34. The number of fused-ring (bicyclic) bond motifs is 2. The maximum Gasteiger partial charge on any atom is 0.269 e. The molecule has 0 saturated heterocycles. The Labute approximate surface area is 161 Å². The maximum absolute atomic E-state index is 12.6. The Morgan fingerprint density at radius 3 is 2.75 bits per heavy atom. The molecule has 0 bridgehead atoms. The van der Waals surface area contributed by atoms with E-state index >= 15 is 0 Å². The maximum atomic E-state index is 12.6. The number of carbonyl (C=O) groups excluding carboxylic acids is 1. The second-order valence-corrected chi connectivity index (χ2v) is 6.29. The zero-order valence-corrected chi connectivity index (χ0v) is 15.4. The van der Waals surface area contributed by atoms with Crippen LogP contribution in [0.5, 0.6) is 11.5 Å². The van der Waals surface area contributed by atoms with E-state index in [4.69, 9.17) is 9.47 Å². The van der Waals surface area contributed by atoms with E-state index in [0.29, 0.717) is 47.7 Å². The number of para-hydroxylation sites is 1. The third-order valence-corrected chi connectivity index (χ3v) is 4.48. The fourth-order valence-electron chi connectivity index (χ4n) is 3.05. The van der Waals surface area contributed by atoms with Crippen LogP contribution in [0.25, 0.3) is 10.9 Å². The van der Waals surface area contributed by atoms with Crippen LogP contribution in [0.15, 0.2) is 47.3 Å². The van der Waals surface area contributed by atoms with Gasteiger partial charge >= 0.3 is 0 Å². The van der Waals surface area contributed by atoms with E-state index in [9.17, 15) is 9.59 Å². The van der Waals surface area contributed by atoms with Crippen LogP contribution in [0.4, 0.5) is 5.95 Å². The van der Waals surface area contributed by atoms with Gasteiger partial charge in [0.2, 0.25) is 5.95 Å². The number of benzene rings is 2. The highest BCUT2D eigenvalue weighted by Crippen LogP contribution is 2.30. The van der Waals surface area contributed by atoms with Gasteiger partial charge in [0, 0.05) is 18.5 Å². The third kappa shape index (κ3) is 3.36. The van der Waals surface area contributed by atoms with E-state index in [-0.39, 0.29) is 17.4 Å². The van der Waals surface area contributed by atoms with Gasteiger partial charge in [0.15, 0.2) is 11.5 Å². The van der Waals surface area contributed by atoms with Gasteiger partial charge in [-0.05, 0) is 37.3 Å². The Balaban J connectivity index is 1.57. The molecule has 8 nitrogen and oxygen atoms in total. The second kappa shape index (κ2) is 7.59. The Kier molecular flexibility index (Phi) is 4.84. The summed E-state index contributed by atoms with van der Waals surface area (Å²) < 4.78 is 12.7. The average molecular weight is 380 g/mol.